The number of unbranched alkanes of at least 4 members (excludes halogenated alkanes) is 2. The minimum Gasteiger partial charge on any atom is -0.259 e. The van der Waals surface area contributed by atoms with Crippen molar-refractivity contribution in [3.8, 4) is 0 Å². The van der Waals surface area contributed by atoms with Gasteiger partial charge >= 0.3 is 0 Å². The summed E-state index contributed by atoms with van der Waals surface area (Å²) in [7, 11) is -3.29. The first-order chi connectivity index (χ1) is 9.02. The van der Waals surface area contributed by atoms with Crippen molar-refractivity contribution >= 4 is 49.3 Å². The molecule has 0 unspecified atom stereocenters. The van der Waals surface area contributed by atoms with Crippen LogP contribution in [0.2, 0.25) is 0 Å². The van der Waals surface area contributed by atoms with Crippen LogP contribution in [0.4, 0.5) is 5.13 Å². The Morgan fingerprint density at radius 3 is 2.84 bits per heavy atom. The van der Waals surface area contributed by atoms with Crippen LogP contribution in [0, 0.1) is 0 Å². The van der Waals surface area contributed by atoms with Gasteiger partial charge in [0.1, 0.15) is 0 Å². The van der Waals surface area contributed by atoms with Crippen molar-refractivity contribution in [1.29, 1.82) is 0 Å². The molecule has 0 fully saturated rings. The third-order valence-electron chi connectivity index (χ3n) is 2.66. The molecule has 0 aliphatic carbocycles. The standard InChI is InChI=1S/C12H16N2O2S3/c1-2-3-4-8-19(15,16)14-12-13-11-9(17)6-5-7-10(11)18-12/h5-7,17H,2-4,8H2,1H3,(H,13,14). The van der Waals surface area contributed by atoms with E-state index in [0.717, 1.165) is 28.0 Å². The number of nitrogens with one attached hydrogen (secondary N) is 1. The number of anilines is 1. The van der Waals surface area contributed by atoms with E-state index in [0.29, 0.717) is 11.6 Å². The lowest BCUT2D eigenvalue weighted by Crippen LogP contribution is -2.16. The van der Waals surface area contributed by atoms with Crippen molar-refractivity contribution in [1.82, 2.24) is 4.98 Å². The fourth-order valence-electron chi connectivity index (χ4n) is 1.70. The smallest absolute Gasteiger partial charge is 0.234 e. The molecule has 1 aromatic heterocycles. The van der Waals surface area contributed by atoms with Gasteiger partial charge in [0.25, 0.3) is 0 Å². The highest BCUT2D eigenvalue weighted by Crippen LogP contribution is 2.30. The Labute approximate surface area is 122 Å². The number of benzene rings is 1. The zero-order valence-electron chi connectivity index (χ0n) is 10.6. The van der Waals surface area contributed by atoms with Gasteiger partial charge in [-0.2, -0.15) is 0 Å². The van der Waals surface area contributed by atoms with Crippen LogP contribution >= 0.6 is 24.0 Å². The Morgan fingerprint density at radius 1 is 1.37 bits per heavy atom. The molecule has 0 saturated carbocycles. The average molecular weight is 316 g/mol. The largest absolute Gasteiger partial charge is 0.259 e. The normalized spacial score (nSPS) is 11.9. The number of hydrogen-bond acceptors (Lipinski definition) is 5. The van der Waals surface area contributed by atoms with Crippen LogP contribution < -0.4 is 4.72 Å². The Bertz CT molecular complexity index is 665. The maximum atomic E-state index is 11.9. The van der Waals surface area contributed by atoms with Crippen molar-refractivity contribution in [3.63, 3.8) is 0 Å². The van der Waals surface area contributed by atoms with E-state index >= 15 is 0 Å². The monoisotopic (exact) mass is 316 g/mol. The highest BCUT2D eigenvalue weighted by atomic mass is 32.2. The van der Waals surface area contributed by atoms with E-state index in [9.17, 15) is 8.42 Å². The van der Waals surface area contributed by atoms with E-state index in [4.69, 9.17) is 0 Å². The molecule has 0 amide bonds. The van der Waals surface area contributed by atoms with Crippen molar-refractivity contribution in [3.05, 3.63) is 18.2 Å². The van der Waals surface area contributed by atoms with Gasteiger partial charge in [0.05, 0.1) is 16.0 Å². The average Bonchev–Trinajstić information content (AvgIpc) is 2.72. The van der Waals surface area contributed by atoms with Gasteiger partial charge < -0.3 is 0 Å². The van der Waals surface area contributed by atoms with E-state index in [1.165, 1.54) is 11.3 Å². The fourth-order valence-corrected chi connectivity index (χ4v) is 4.33. The number of hydrogen-bond donors (Lipinski definition) is 2. The van der Waals surface area contributed by atoms with Gasteiger partial charge in [0.15, 0.2) is 5.13 Å². The lowest BCUT2D eigenvalue weighted by molar-refractivity contribution is 0.596. The molecule has 7 heteroatoms. The second kappa shape index (κ2) is 6.11. The molecule has 0 aliphatic heterocycles. The third-order valence-corrected chi connectivity index (χ3v) is 5.41. The third kappa shape index (κ3) is 3.84. The SMILES string of the molecule is CCCCCS(=O)(=O)Nc1nc2c(S)cccc2s1. The molecule has 0 radical (unpaired) electrons. The lowest BCUT2D eigenvalue weighted by atomic mass is 10.3. The topological polar surface area (TPSA) is 59.1 Å². The minimum absolute atomic E-state index is 0.143. The molecular weight excluding hydrogens is 300 g/mol. The fraction of sp³-hybridized carbons (Fsp3) is 0.417. The summed E-state index contributed by atoms with van der Waals surface area (Å²) in [5, 5.41) is 0.410. The number of sulfonamides is 1. The Balaban J connectivity index is 2.15. The van der Waals surface area contributed by atoms with Gasteiger partial charge in [-0.3, -0.25) is 4.72 Å². The van der Waals surface area contributed by atoms with Gasteiger partial charge in [-0.15, -0.1) is 12.6 Å². The van der Waals surface area contributed by atoms with Crippen molar-refractivity contribution in [2.24, 2.45) is 0 Å². The number of aromatic nitrogens is 1. The molecule has 19 heavy (non-hydrogen) atoms. The maximum Gasteiger partial charge on any atom is 0.234 e. The van der Waals surface area contributed by atoms with E-state index in [1.54, 1.807) is 0 Å². The number of nitrogens with zero attached hydrogens (tertiary/aromatic N) is 1. The number of thiol groups is 1. The minimum atomic E-state index is -3.29. The van der Waals surface area contributed by atoms with E-state index in [-0.39, 0.29) is 5.75 Å². The zero-order chi connectivity index (χ0) is 13.9. The Hall–Kier alpha value is -0.790. The lowest BCUT2D eigenvalue weighted by Gasteiger charge is -2.03. The molecular formula is C12H16N2O2S3. The Morgan fingerprint density at radius 2 is 2.16 bits per heavy atom. The first-order valence-electron chi connectivity index (χ1n) is 6.11. The predicted octanol–water partition coefficient (Wildman–Crippen LogP) is 3.52. The highest BCUT2D eigenvalue weighted by molar-refractivity contribution is 7.92. The summed E-state index contributed by atoms with van der Waals surface area (Å²) in [5.74, 6) is 0.143. The predicted molar refractivity (Wildman–Crippen MR) is 83.8 cm³/mol. The zero-order valence-corrected chi connectivity index (χ0v) is 13.1. The van der Waals surface area contributed by atoms with Gasteiger partial charge in [-0.05, 0) is 18.6 Å². The van der Waals surface area contributed by atoms with Crippen molar-refractivity contribution < 1.29 is 8.42 Å². The highest BCUT2D eigenvalue weighted by Gasteiger charge is 2.13. The van der Waals surface area contributed by atoms with E-state index in [1.807, 2.05) is 25.1 Å². The molecule has 104 valence electrons. The van der Waals surface area contributed by atoms with Crippen LogP contribution in [0.25, 0.3) is 10.2 Å². The summed E-state index contributed by atoms with van der Waals surface area (Å²) in [6.45, 7) is 2.04. The molecule has 4 nitrogen and oxygen atoms in total. The first kappa shape index (κ1) is 14.6. The van der Waals surface area contributed by atoms with E-state index in [2.05, 4.69) is 22.3 Å². The summed E-state index contributed by atoms with van der Waals surface area (Å²) >= 11 is 5.64. The quantitative estimate of drug-likeness (QED) is 0.633. The summed E-state index contributed by atoms with van der Waals surface area (Å²) in [5.41, 5.74) is 0.738. The Kier molecular flexibility index (Phi) is 4.70. The molecule has 1 heterocycles. The summed E-state index contributed by atoms with van der Waals surface area (Å²) in [6, 6.07) is 5.62. The second-order valence-electron chi connectivity index (χ2n) is 4.27. The van der Waals surface area contributed by atoms with Gasteiger partial charge in [-0.25, -0.2) is 13.4 Å². The summed E-state index contributed by atoms with van der Waals surface area (Å²) in [4.78, 5) is 5.03. The number of para-hydroxylation sites is 1. The molecule has 0 saturated heterocycles. The first-order valence-corrected chi connectivity index (χ1v) is 9.02. The van der Waals surface area contributed by atoms with Crippen molar-refractivity contribution in [2.45, 2.75) is 31.1 Å². The molecule has 0 atom stereocenters. The number of thiazole rings is 1. The molecule has 0 aliphatic rings. The van der Waals surface area contributed by atoms with E-state index < -0.39 is 10.0 Å². The van der Waals surface area contributed by atoms with Crippen LogP contribution in [0.5, 0.6) is 0 Å². The maximum absolute atomic E-state index is 11.9. The van der Waals surface area contributed by atoms with Crippen molar-refractivity contribution in [2.75, 3.05) is 10.5 Å². The molecule has 0 spiro atoms. The summed E-state index contributed by atoms with van der Waals surface area (Å²) in [6.07, 6.45) is 2.59. The van der Waals surface area contributed by atoms with Gasteiger partial charge in [0, 0.05) is 4.90 Å². The van der Waals surface area contributed by atoms with Gasteiger partial charge in [0.2, 0.25) is 10.0 Å². The molecule has 1 aromatic carbocycles. The number of rotatable bonds is 6. The van der Waals surface area contributed by atoms with Gasteiger partial charge in [-0.1, -0.05) is 37.2 Å². The number of fused-ring (bicyclic) bond motifs is 1. The van der Waals surface area contributed by atoms with Crippen LogP contribution in [0.15, 0.2) is 23.1 Å². The molecule has 0 bridgehead atoms. The van der Waals surface area contributed by atoms with Crippen LogP contribution in [-0.2, 0) is 10.0 Å². The second-order valence-corrected chi connectivity index (χ2v) is 7.63. The molecule has 2 rings (SSSR count). The van der Waals surface area contributed by atoms with Crippen LogP contribution in [0.1, 0.15) is 26.2 Å². The van der Waals surface area contributed by atoms with Crippen LogP contribution in [-0.4, -0.2) is 19.2 Å². The molecule has 1 N–H and O–H groups in total. The summed E-state index contributed by atoms with van der Waals surface area (Å²) < 4.78 is 27.2. The molecule has 2 aromatic rings. The van der Waals surface area contributed by atoms with Crippen LogP contribution in [0.3, 0.4) is 0 Å².